The van der Waals surface area contributed by atoms with Crippen LogP contribution in [0.25, 0.3) is 0 Å². The van der Waals surface area contributed by atoms with E-state index in [1.165, 1.54) is 26.6 Å². The lowest BCUT2D eigenvalue weighted by atomic mass is 10.1. The lowest BCUT2D eigenvalue weighted by molar-refractivity contribution is 0.280. The van der Waals surface area contributed by atoms with Crippen molar-refractivity contribution in [3.05, 3.63) is 47.4 Å². The molecule has 0 unspecified atom stereocenters. The number of nitrogens with zero attached hydrogens (tertiary/aromatic N) is 4. The van der Waals surface area contributed by atoms with E-state index in [0.717, 1.165) is 18.2 Å². The van der Waals surface area contributed by atoms with Gasteiger partial charge in [-0.25, -0.2) is 18.7 Å². The van der Waals surface area contributed by atoms with E-state index in [0.29, 0.717) is 11.8 Å². The fourth-order valence-electron chi connectivity index (χ4n) is 2.69. The molecule has 2 heterocycles. The number of rotatable bonds is 8. The number of aryl methyl sites for hydroxylation is 2. The molecule has 10 heteroatoms. The Hall–Kier alpha value is -3.43. The molecule has 0 radical (unpaired) electrons. The molecule has 154 valence electrons. The van der Waals surface area contributed by atoms with Crippen molar-refractivity contribution in [3.63, 3.8) is 0 Å². The van der Waals surface area contributed by atoms with Gasteiger partial charge in [0.2, 0.25) is 5.95 Å². The molecule has 1 N–H and O–H groups in total. The van der Waals surface area contributed by atoms with Crippen LogP contribution in [-0.4, -0.2) is 34.0 Å². The minimum absolute atomic E-state index is 0.139. The molecule has 0 aliphatic carbocycles. The fourth-order valence-corrected chi connectivity index (χ4v) is 2.69. The first-order valence-corrected chi connectivity index (χ1v) is 8.80. The quantitative estimate of drug-likeness (QED) is 0.615. The van der Waals surface area contributed by atoms with Gasteiger partial charge in [0, 0.05) is 24.9 Å². The van der Waals surface area contributed by atoms with Crippen LogP contribution < -0.4 is 19.5 Å². The number of aromatic nitrogens is 4. The van der Waals surface area contributed by atoms with E-state index in [4.69, 9.17) is 14.2 Å². The molecular weight excluding hydrogens is 384 g/mol. The molecule has 0 saturated heterocycles. The Balaban J connectivity index is 1.70. The van der Waals surface area contributed by atoms with E-state index < -0.39 is 11.6 Å². The molecule has 3 rings (SSSR count). The third-order valence-electron chi connectivity index (χ3n) is 4.25. The van der Waals surface area contributed by atoms with Gasteiger partial charge in [-0.3, -0.25) is 4.68 Å². The van der Waals surface area contributed by atoms with E-state index in [1.807, 2.05) is 20.0 Å². The topological polar surface area (TPSA) is 83.3 Å². The van der Waals surface area contributed by atoms with E-state index in [-0.39, 0.29) is 29.4 Å². The summed E-state index contributed by atoms with van der Waals surface area (Å²) in [7, 11) is 4.42. The van der Waals surface area contributed by atoms with Gasteiger partial charge >= 0.3 is 0 Å². The van der Waals surface area contributed by atoms with Crippen molar-refractivity contribution in [2.45, 2.75) is 20.0 Å². The zero-order valence-electron chi connectivity index (χ0n) is 16.5. The summed E-state index contributed by atoms with van der Waals surface area (Å²) in [6.07, 6.45) is 3.64. The van der Waals surface area contributed by atoms with Crippen LogP contribution in [0.1, 0.15) is 18.2 Å². The predicted molar refractivity (Wildman–Crippen MR) is 102 cm³/mol. The molecular formula is C19H21F2N5O3. The summed E-state index contributed by atoms with van der Waals surface area (Å²) in [5.74, 6) is -0.812. The summed E-state index contributed by atoms with van der Waals surface area (Å²) < 4.78 is 45.8. The Morgan fingerprint density at radius 3 is 2.17 bits per heavy atom. The molecule has 2 aromatic heterocycles. The molecule has 0 spiro atoms. The monoisotopic (exact) mass is 405 g/mol. The summed E-state index contributed by atoms with van der Waals surface area (Å²) in [6, 6.07) is 3.04. The molecule has 1 aromatic carbocycles. The average Bonchev–Trinajstić information content (AvgIpc) is 3.08. The van der Waals surface area contributed by atoms with Crippen molar-refractivity contribution >= 4 is 11.8 Å². The number of benzene rings is 1. The molecule has 29 heavy (non-hydrogen) atoms. The van der Waals surface area contributed by atoms with E-state index in [9.17, 15) is 8.78 Å². The highest BCUT2D eigenvalue weighted by molar-refractivity contribution is 5.48. The van der Waals surface area contributed by atoms with Crippen molar-refractivity contribution in [2.24, 2.45) is 7.05 Å². The van der Waals surface area contributed by atoms with Crippen molar-refractivity contribution in [2.75, 3.05) is 19.5 Å². The highest BCUT2D eigenvalue weighted by Gasteiger charge is 2.20. The molecule has 3 aromatic rings. The van der Waals surface area contributed by atoms with E-state index in [1.54, 1.807) is 4.68 Å². The average molecular weight is 405 g/mol. The normalized spacial score (nSPS) is 10.7. The molecule has 0 bridgehead atoms. The van der Waals surface area contributed by atoms with Gasteiger partial charge in [-0.05, 0) is 6.42 Å². The highest BCUT2D eigenvalue weighted by atomic mass is 19.1. The molecule has 0 fully saturated rings. The van der Waals surface area contributed by atoms with Gasteiger partial charge in [0.25, 0.3) is 0 Å². The predicted octanol–water partition coefficient (Wildman–Crippen LogP) is 3.39. The second kappa shape index (κ2) is 8.72. The van der Waals surface area contributed by atoms with Gasteiger partial charge < -0.3 is 19.5 Å². The number of halogens is 2. The molecule has 8 nitrogen and oxygen atoms in total. The van der Waals surface area contributed by atoms with Gasteiger partial charge in [0.15, 0.2) is 34.7 Å². The van der Waals surface area contributed by atoms with E-state index >= 15 is 0 Å². The number of nitrogens with one attached hydrogen (secondary N) is 1. The summed E-state index contributed by atoms with van der Waals surface area (Å²) in [5, 5.41) is 7.30. The smallest absolute Gasteiger partial charge is 0.228 e. The summed E-state index contributed by atoms with van der Waals surface area (Å²) in [6.45, 7) is 1.65. The minimum Gasteiger partial charge on any atom is -0.494 e. The standard InChI is InChI=1S/C19H21F2N5O3/c1-5-11-6-16(25-26(11)2)24-19-22-8-12(9-23-19)29-10-13-17(20)14(27-3)7-15(28-4)18(13)21/h6-9H,5,10H2,1-4H3,(H,22,23,24,25). The van der Waals surface area contributed by atoms with Crippen molar-refractivity contribution < 1.29 is 23.0 Å². The SMILES string of the molecule is CCc1cc(Nc2ncc(OCc3c(F)c(OC)cc(OC)c3F)cn2)nn1C. The first-order chi connectivity index (χ1) is 14.0. The Morgan fingerprint density at radius 2 is 1.66 bits per heavy atom. The third-order valence-corrected chi connectivity index (χ3v) is 4.25. The van der Waals surface area contributed by atoms with Gasteiger partial charge in [-0.1, -0.05) is 6.92 Å². The zero-order valence-corrected chi connectivity index (χ0v) is 16.5. The maximum atomic E-state index is 14.4. The molecule has 0 aliphatic heterocycles. The summed E-state index contributed by atoms with van der Waals surface area (Å²) in [4.78, 5) is 8.26. The number of hydrogen-bond donors (Lipinski definition) is 1. The van der Waals surface area contributed by atoms with Gasteiger partial charge in [-0.2, -0.15) is 5.10 Å². The van der Waals surface area contributed by atoms with Crippen LogP contribution in [0.3, 0.4) is 0 Å². The summed E-state index contributed by atoms with van der Waals surface area (Å²) >= 11 is 0. The lowest BCUT2D eigenvalue weighted by Gasteiger charge is -2.13. The number of methoxy groups -OCH3 is 2. The first kappa shape index (κ1) is 20.3. The van der Waals surface area contributed by atoms with Crippen LogP contribution in [0.5, 0.6) is 17.2 Å². The van der Waals surface area contributed by atoms with Crippen LogP contribution in [0.4, 0.5) is 20.5 Å². The molecule has 0 aliphatic rings. The van der Waals surface area contributed by atoms with Crippen molar-refractivity contribution in [3.8, 4) is 17.2 Å². The van der Waals surface area contributed by atoms with E-state index in [2.05, 4.69) is 20.4 Å². The second-order valence-electron chi connectivity index (χ2n) is 6.04. The Kier molecular flexibility index (Phi) is 6.10. The van der Waals surface area contributed by atoms with Crippen LogP contribution in [0.15, 0.2) is 24.5 Å². The Bertz CT molecular complexity index is 964. The molecule has 0 atom stereocenters. The van der Waals surface area contributed by atoms with Crippen LogP contribution in [0.2, 0.25) is 0 Å². The first-order valence-electron chi connectivity index (χ1n) is 8.80. The van der Waals surface area contributed by atoms with Gasteiger partial charge in [0.05, 0.1) is 32.2 Å². The third kappa shape index (κ3) is 4.36. The Morgan fingerprint density at radius 1 is 1.03 bits per heavy atom. The number of ether oxygens (including phenoxy) is 3. The highest BCUT2D eigenvalue weighted by Crippen LogP contribution is 2.32. The number of hydrogen-bond acceptors (Lipinski definition) is 7. The fraction of sp³-hybridized carbons (Fsp3) is 0.316. The van der Waals surface area contributed by atoms with Crippen LogP contribution in [0, 0.1) is 11.6 Å². The largest absolute Gasteiger partial charge is 0.494 e. The molecule has 0 amide bonds. The van der Waals surface area contributed by atoms with Crippen LogP contribution in [-0.2, 0) is 20.1 Å². The maximum absolute atomic E-state index is 14.4. The van der Waals surface area contributed by atoms with Crippen molar-refractivity contribution in [1.29, 1.82) is 0 Å². The lowest BCUT2D eigenvalue weighted by Crippen LogP contribution is -2.06. The summed E-state index contributed by atoms with van der Waals surface area (Å²) in [5.41, 5.74) is 0.745. The molecule has 0 saturated carbocycles. The maximum Gasteiger partial charge on any atom is 0.228 e. The van der Waals surface area contributed by atoms with Gasteiger partial charge in [-0.15, -0.1) is 0 Å². The minimum atomic E-state index is -0.855. The van der Waals surface area contributed by atoms with Crippen molar-refractivity contribution in [1.82, 2.24) is 19.7 Å². The Labute approximate surface area is 166 Å². The zero-order chi connectivity index (χ0) is 21.0. The second-order valence-corrected chi connectivity index (χ2v) is 6.04. The van der Waals surface area contributed by atoms with Gasteiger partial charge in [0.1, 0.15) is 6.61 Å². The van der Waals surface area contributed by atoms with Crippen LogP contribution >= 0.6 is 0 Å². The number of anilines is 2.